The van der Waals surface area contributed by atoms with Crippen molar-refractivity contribution >= 4 is 0 Å². The maximum absolute atomic E-state index is 2.41. The van der Waals surface area contributed by atoms with Gasteiger partial charge in [0.05, 0.1) is 0 Å². The van der Waals surface area contributed by atoms with Gasteiger partial charge in [-0.2, -0.15) is 0 Å². The number of hydrogen-bond acceptors (Lipinski definition) is 0. The van der Waals surface area contributed by atoms with E-state index in [2.05, 4.69) is 41.5 Å². The van der Waals surface area contributed by atoms with E-state index in [1.165, 1.54) is 83.5 Å². The fraction of sp³-hybridized carbons (Fsp3) is 1.00. The summed E-state index contributed by atoms with van der Waals surface area (Å²) in [7, 11) is 0. The first-order valence-corrected chi connectivity index (χ1v) is 10.4. The normalized spacial score (nSPS) is 13.8. The van der Waals surface area contributed by atoms with Gasteiger partial charge in [0, 0.05) is 0 Å². The molecule has 0 aromatic carbocycles. The van der Waals surface area contributed by atoms with Gasteiger partial charge in [-0.3, -0.25) is 0 Å². The zero-order valence-electron chi connectivity index (χ0n) is 16.8. The Bertz CT molecular complexity index is 221. The van der Waals surface area contributed by atoms with Gasteiger partial charge in [-0.15, -0.1) is 0 Å². The summed E-state index contributed by atoms with van der Waals surface area (Å²) in [5.74, 6) is 1.71. The van der Waals surface area contributed by atoms with E-state index < -0.39 is 0 Å². The summed E-state index contributed by atoms with van der Waals surface area (Å²) in [6, 6.07) is 0. The van der Waals surface area contributed by atoms with Crippen molar-refractivity contribution in [2.75, 3.05) is 0 Å². The largest absolute Gasteiger partial charge is 0.0654 e. The molecule has 0 saturated carbocycles. The Labute approximate surface area is 142 Å². The van der Waals surface area contributed by atoms with Crippen LogP contribution in [0.4, 0.5) is 0 Å². The van der Waals surface area contributed by atoms with Gasteiger partial charge in [0.1, 0.15) is 0 Å². The first-order valence-electron chi connectivity index (χ1n) is 10.4. The van der Waals surface area contributed by atoms with Crippen LogP contribution >= 0.6 is 0 Å². The van der Waals surface area contributed by atoms with Crippen LogP contribution in [-0.4, -0.2) is 0 Å². The lowest BCUT2D eigenvalue weighted by atomic mass is 9.72. The highest BCUT2D eigenvalue weighted by Gasteiger charge is 2.26. The molecule has 134 valence electrons. The molecule has 0 nitrogen and oxygen atoms in total. The molecule has 0 radical (unpaired) electrons. The summed E-state index contributed by atoms with van der Waals surface area (Å²) in [5, 5.41) is 0. The molecule has 0 aliphatic heterocycles. The van der Waals surface area contributed by atoms with Gasteiger partial charge in [0.25, 0.3) is 0 Å². The Kier molecular flexibility index (Phi) is 13.4. The molecule has 0 amide bonds. The summed E-state index contributed by atoms with van der Waals surface area (Å²) in [6.07, 6.45) is 18.9. The second-order valence-electron chi connectivity index (χ2n) is 8.89. The Morgan fingerprint density at radius 3 is 1.27 bits per heavy atom. The number of hydrogen-bond donors (Lipinski definition) is 0. The number of rotatable bonds is 14. The Hall–Kier alpha value is 0. The first-order chi connectivity index (χ1) is 10.4. The molecule has 0 fully saturated rings. The van der Waals surface area contributed by atoms with Crippen LogP contribution in [0.5, 0.6) is 0 Å². The third-order valence-electron chi connectivity index (χ3n) is 5.29. The number of unbranched alkanes of at least 4 members (excludes halogenated alkanes) is 11. The van der Waals surface area contributed by atoms with E-state index in [1.54, 1.807) is 0 Å². The van der Waals surface area contributed by atoms with Crippen LogP contribution in [0.2, 0.25) is 0 Å². The van der Waals surface area contributed by atoms with Crippen molar-refractivity contribution in [3.05, 3.63) is 0 Å². The van der Waals surface area contributed by atoms with Gasteiger partial charge >= 0.3 is 0 Å². The van der Waals surface area contributed by atoms with Crippen LogP contribution in [0.15, 0.2) is 0 Å². The van der Waals surface area contributed by atoms with Crippen molar-refractivity contribution < 1.29 is 0 Å². The van der Waals surface area contributed by atoms with E-state index in [4.69, 9.17) is 0 Å². The molecule has 0 aliphatic rings. The predicted molar refractivity (Wildman–Crippen MR) is 103 cm³/mol. The third kappa shape index (κ3) is 12.5. The SMILES string of the molecule is CCCCCCCCCCCCCCC(C(C)C)C(C)(C)C. The monoisotopic (exact) mass is 310 g/mol. The molecule has 1 atom stereocenters. The average Bonchev–Trinajstić information content (AvgIpc) is 2.42. The van der Waals surface area contributed by atoms with Crippen molar-refractivity contribution in [1.29, 1.82) is 0 Å². The summed E-state index contributed by atoms with van der Waals surface area (Å²) in [4.78, 5) is 0. The van der Waals surface area contributed by atoms with Crippen molar-refractivity contribution in [2.45, 2.75) is 125 Å². The van der Waals surface area contributed by atoms with E-state index in [0.29, 0.717) is 5.41 Å². The lowest BCUT2D eigenvalue weighted by molar-refractivity contribution is 0.161. The second-order valence-corrected chi connectivity index (χ2v) is 8.89. The van der Waals surface area contributed by atoms with Crippen LogP contribution in [-0.2, 0) is 0 Å². The van der Waals surface area contributed by atoms with Gasteiger partial charge in [-0.05, 0) is 23.7 Å². The molecule has 0 N–H and O–H groups in total. The van der Waals surface area contributed by atoms with Crippen LogP contribution in [0.25, 0.3) is 0 Å². The zero-order valence-corrected chi connectivity index (χ0v) is 16.8. The van der Waals surface area contributed by atoms with E-state index in [1.807, 2.05) is 0 Å². The first kappa shape index (κ1) is 22.0. The lowest BCUT2D eigenvalue weighted by Gasteiger charge is -2.34. The smallest absolute Gasteiger partial charge is 0.0342 e. The van der Waals surface area contributed by atoms with Gasteiger partial charge in [0.15, 0.2) is 0 Å². The maximum Gasteiger partial charge on any atom is -0.0342 e. The molecule has 0 saturated heterocycles. The van der Waals surface area contributed by atoms with Crippen LogP contribution in [0.3, 0.4) is 0 Å². The molecule has 0 rings (SSSR count). The molecular formula is C22H46. The van der Waals surface area contributed by atoms with Crippen molar-refractivity contribution in [1.82, 2.24) is 0 Å². The van der Waals surface area contributed by atoms with Crippen LogP contribution in [0, 0.1) is 17.3 Å². The predicted octanol–water partition coefficient (Wildman–Crippen LogP) is 8.40. The Morgan fingerprint density at radius 1 is 0.591 bits per heavy atom. The summed E-state index contributed by atoms with van der Waals surface area (Å²) >= 11 is 0. The third-order valence-corrected chi connectivity index (χ3v) is 5.29. The molecule has 0 heterocycles. The summed E-state index contributed by atoms with van der Waals surface area (Å²) in [5.41, 5.74) is 0.478. The molecule has 0 bridgehead atoms. The highest BCUT2D eigenvalue weighted by molar-refractivity contribution is 4.76. The average molecular weight is 311 g/mol. The molecule has 22 heavy (non-hydrogen) atoms. The molecule has 0 heteroatoms. The van der Waals surface area contributed by atoms with Gasteiger partial charge in [0.2, 0.25) is 0 Å². The van der Waals surface area contributed by atoms with Gasteiger partial charge in [-0.1, -0.05) is 119 Å². The Balaban J connectivity index is 3.39. The minimum atomic E-state index is 0.478. The lowest BCUT2D eigenvalue weighted by Crippen LogP contribution is -2.25. The van der Waals surface area contributed by atoms with E-state index in [0.717, 1.165) is 11.8 Å². The maximum atomic E-state index is 2.41. The standard InChI is InChI=1S/C22H46/c1-7-8-9-10-11-12-13-14-15-16-17-18-19-21(20(2)3)22(4,5)6/h20-21H,7-19H2,1-6H3. The molecular weight excluding hydrogens is 264 g/mol. The van der Waals surface area contributed by atoms with Crippen LogP contribution < -0.4 is 0 Å². The zero-order chi connectivity index (χ0) is 16.8. The van der Waals surface area contributed by atoms with Crippen molar-refractivity contribution in [2.24, 2.45) is 17.3 Å². The fourth-order valence-corrected chi connectivity index (χ4v) is 3.97. The second kappa shape index (κ2) is 13.4. The van der Waals surface area contributed by atoms with Crippen molar-refractivity contribution in [3.8, 4) is 0 Å². The molecule has 1 unspecified atom stereocenters. The Morgan fingerprint density at radius 2 is 0.955 bits per heavy atom. The molecule has 0 aliphatic carbocycles. The summed E-state index contributed by atoms with van der Waals surface area (Å²) < 4.78 is 0. The van der Waals surface area contributed by atoms with E-state index >= 15 is 0 Å². The molecule has 0 spiro atoms. The molecule has 0 aromatic rings. The van der Waals surface area contributed by atoms with E-state index in [-0.39, 0.29) is 0 Å². The van der Waals surface area contributed by atoms with E-state index in [9.17, 15) is 0 Å². The highest BCUT2D eigenvalue weighted by atomic mass is 14.3. The minimum Gasteiger partial charge on any atom is -0.0654 e. The molecule has 0 aromatic heterocycles. The minimum absolute atomic E-state index is 0.478. The highest BCUT2D eigenvalue weighted by Crippen LogP contribution is 2.36. The quantitative estimate of drug-likeness (QED) is 0.282. The summed E-state index contributed by atoms with van der Waals surface area (Å²) in [6.45, 7) is 14.3. The van der Waals surface area contributed by atoms with Gasteiger partial charge < -0.3 is 0 Å². The van der Waals surface area contributed by atoms with Crippen molar-refractivity contribution in [3.63, 3.8) is 0 Å². The topological polar surface area (TPSA) is 0 Å². The fourth-order valence-electron chi connectivity index (χ4n) is 3.97. The van der Waals surface area contributed by atoms with Crippen LogP contribution in [0.1, 0.15) is 125 Å². The van der Waals surface area contributed by atoms with Gasteiger partial charge in [-0.25, -0.2) is 0 Å².